The van der Waals surface area contributed by atoms with E-state index in [0.717, 1.165) is 6.42 Å². The van der Waals surface area contributed by atoms with Crippen LogP contribution in [0.15, 0.2) is 0 Å². The summed E-state index contributed by atoms with van der Waals surface area (Å²) in [6.45, 7) is 6.41. The van der Waals surface area contributed by atoms with Gasteiger partial charge in [-0.2, -0.15) is 5.26 Å². The second kappa shape index (κ2) is 15.8. The molecule has 60 valence electrons. The molecule has 10 heavy (non-hydrogen) atoms. The topological polar surface area (TPSA) is 23.8 Å². The zero-order valence-electron chi connectivity index (χ0n) is 7.48. The van der Waals surface area contributed by atoms with Gasteiger partial charge in [0.2, 0.25) is 0 Å². The first-order chi connectivity index (χ1) is 4.83. The van der Waals surface area contributed by atoms with E-state index in [1.807, 2.05) is 13.0 Å². The molecule has 0 spiro atoms. The van der Waals surface area contributed by atoms with Crippen molar-refractivity contribution >= 4 is 0 Å². The zero-order valence-corrected chi connectivity index (χ0v) is 7.48. The highest BCUT2D eigenvalue weighted by Crippen LogP contribution is 1.88. The van der Waals surface area contributed by atoms with Gasteiger partial charge in [0.1, 0.15) is 0 Å². The Hall–Kier alpha value is -0.510. The van der Waals surface area contributed by atoms with Crippen LogP contribution in [-0.2, 0) is 0 Å². The van der Waals surface area contributed by atoms with E-state index < -0.39 is 0 Å². The SMILES string of the molecule is CCCC#N.CCCCC. The van der Waals surface area contributed by atoms with Crippen LogP contribution >= 0.6 is 0 Å². The fraction of sp³-hybridized carbons (Fsp3) is 0.889. The van der Waals surface area contributed by atoms with Crippen LogP contribution in [0.4, 0.5) is 0 Å². The highest BCUT2D eigenvalue weighted by Gasteiger charge is 1.68. The van der Waals surface area contributed by atoms with Gasteiger partial charge in [0.15, 0.2) is 0 Å². The third-order valence-electron chi connectivity index (χ3n) is 1.07. The van der Waals surface area contributed by atoms with Crippen molar-refractivity contribution in [2.45, 2.75) is 52.9 Å². The van der Waals surface area contributed by atoms with Crippen LogP contribution in [0.1, 0.15) is 52.9 Å². The molecule has 0 amide bonds. The minimum atomic E-state index is 0.694. The highest BCUT2D eigenvalue weighted by atomic mass is 14.2. The molecule has 1 heteroatoms. The largest absolute Gasteiger partial charge is 0.198 e. The number of hydrogen-bond acceptors (Lipinski definition) is 1. The summed E-state index contributed by atoms with van der Waals surface area (Å²) in [6, 6.07) is 2.02. The summed E-state index contributed by atoms with van der Waals surface area (Å²) in [6.07, 6.45) is 5.75. The lowest BCUT2D eigenvalue weighted by Crippen LogP contribution is -1.59. The molecule has 0 rings (SSSR count). The van der Waals surface area contributed by atoms with Gasteiger partial charge in [-0.05, 0) is 6.42 Å². The van der Waals surface area contributed by atoms with Gasteiger partial charge in [-0.1, -0.05) is 40.0 Å². The molecule has 0 fully saturated rings. The summed E-state index contributed by atoms with van der Waals surface area (Å²) in [5.41, 5.74) is 0. The Labute approximate surface area is 65.1 Å². The van der Waals surface area contributed by atoms with Gasteiger partial charge in [0, 0.05) is 6.42 Å². The van der Waals surface area contributed by atoms with Gasteiger partial charge in [0.25, 0.3) is 0 Å². The third kappa shape index (κ3) is 25.9. The predicted octanol–water partition coefficient (Wildman–Crippen LogP) is 3.51. The van der Waals surface area contributed by atoms with Crippen molar-refractivity contribution in [2.24, 2.45) is 0 Å². The second-order valence-corrected chi connectivity index (χ2v) is 2.26. The lowest BCUT2D eigenvalue weighted by Gasteiger charge is -1.79. The van der Waals surface area contributed by atoms with Crippen molar-refractivity contribution in [1.29, 1.82) is 5.26 Å². The lowest BCUT2D eigenvalue weighted by atomic mass is 10.3. The summed E-state index contributed by atoms with van der Waals surface area (Å²) < 4.78 is 0. The number of rotatable bonds is 3. The van der Waals surface area contributed by atoms with E-state index in [4.69, 9.17) is 5.26 Å². The monoisotopic (exact) mass is 141 g/mol. The Morgan fingerprint density at radius 1 is 1.00 bits per heavy atom. The molecule has 0 N–H and O–H groups in total. The van der Waals surface area contributed by atoms with Gasteiger partial charge < -0.3 is 0 Å². The van der Waals surface area contributed by atoms with Crippen LogP contribution in [-0.4, -0.2) is 0 Å². The molecular formula is C9H19N. The van der Waals surface area contributed by atoms with Crippen LogP contribution in [0.2, 0.25) is 0 Å². The molecule has 0 heterocycles. The molecule has 0 aromatic rings. The maximum Gasteiger partial charge on any atom is 0.0621 e. The van der Waals surface area contributed by atoms with E-state index in [-0.39, 0.29) is 0 Å². The van der Waals surface area contributed by atoms with E-state index in [0.29, 0.717) is 6.42 Å². The summed E-state index contributed by atoms with van der Waals surface area (Å²) >= 11 is 0. The minimum absolute atomic E-state index is 0.694. The fourth-order valence-corrected chi connectivity index (χ4v) is 0.465. The molecule has 0 aromatic carbocycles. The molecule has 0 aliphatic heterocycles. The third-order valence-corrected chi connectivity index (χ3v) is 1.07. The number of unbranched alkanes of at least 4 members (excludes halogenated alkanes) is 3. The summed E-state index contributed by atoms with van der Waals surface area (Å²) in [7, 11) is 0. The smallest absolute Gasteiger partial charge is 0.0621 e. The Bertz CT molecular complexity index is 69.3. The quantitative estimate of drug-likeness (QED) is 0.590. The Balaban J connectivity index is 0. The first-order valence-corrected chi connectivity index (χ1v) is 4.20. The lowest BCUT2D eigenvalue weighted by molar-refractivity contribution is 0.772. The van der Waals surface area contributed by atoms with Gasteiger partial charge in [-0.25, -0.2) is 0 Å². The van der Waals surface area contributed by atoms with Gasteiger partial charge in [-0.3, -0.25) is 0 Å². The van der Waals surface area contributed by atoms with Crippen molar-refractivity contribution in [3.05, 3.63) is 0 Å². The Kier molecular flexibility index (Phi) is 19.3. The van der Waals surface area contributed by atoms with Gasteiger partial charge >= 0.3 is 0 Å². The fourth-order valence-electron chi connectivity index (χ4n) is 0.465. The molecule has 1 nitrogen and oxygen atoms in total. The van der Waals surface area contributed by atoms with Gasteiger partial charge in [0.05, 0.1) is 6.07 Å². The molecule has 0 saturated carbocycles. The standard InChI is InChI=1S/C5H12.C4H7N/c1-3-5-4-2;1-2-3-4-5/h3-5H2,1-2H3;2-3H2,1H3. The minimum Gasteiger partial charge on any atom is -0.198 e. The van der Waals surface area contributed by atoms with Crippen LogP contribution in [0, 0.1) is 11.3 Å². The molecule has 0 radical (unpaired) electrons. The van der Waals surface area contributed by atoms with Crippen LogP contribution in [0.3, 0.4) is 0 Å². The van der Waals surface area contributed by atoms with E-state index in [9.17, 15) is 0 Å². The van der Waals surface area contributed by atoms with E-state index >= 15 is 0 Å². The summed E-state index contributed by atoms with van der Waals surface area (Å²) in [4.78, 5) is 0. The van der Waals surface area contributed by atoms with E-state index in [2.05, 4.69) is 13.8 Å². The average Bonchev–Trinajstić information content (AvgIpc) is 1.93. The molecule has 0 atom stereocenters. The molecule has 0 aliphatic rings. The Morgan fingerprint density at radius 2 is 1.50 bits per heavy atom. The van der Waals surface area contributed by atoms with Crippen LogP contribution in [0.25, 0.3) is 0 Å². The molecule has 0 aliphatic carbocycles. The zero-order chi connectivity index (χ0) is 8.24. The predicted molar refractivity (Wildman–Crippen MR) is 45.7 cm³/mol. The number of nitriles is 1. The molecule has 0 unspecified atom stereocenters. The highest BCUT2D eigenvalue weighted by molar-refractivity contribution is 4.65. The molecule has 0 aromatic heterocycles. The number of nitrogens with zero attached hydrogens (tertiary/aromatic N) is 1. The van der Waals surface area contributed by atoms with Crippen molar-refractivity contribution in [3.8, 4) is 6.07 Å². The average molecular weight is 141 g/mol. The molecule has 0 saturated heterocycles. The van der Waals surface area contributed by atoms with Crippen molar-refractivity contribution in [3.63, 3.8) is 0 Å². The number of hydrogen-bond donors (Lipinski definition) is 0. The van der Waals surface area contributed by atoms with E-state index in [1.54, 1.807) is 0 Å². The van der Waals surface area contributed by atoms with Crippen LogP contribution < -0.4 is 0 Å². The van der Waals surface area contributed by atoms with Gasteiger partial charge in [-0.15, -0.1) is 0 Å². The molecular weight excluding hydrogens is 122 g/mol. The second-order valence-electron chi connectivity index (χ2n) is 2.26. The Morgan fingerprint density at radius 3 is 1.50 bits per heavy atom. The van der Waals surface area contributed by atoms with Crippen molar-refractivity contribution in [1.82, 2.24) is 0 Å². The van der Waals surface area contributed by atoms with Crippen molar-refractivity contribution in [2.75, 3.05) is 0 Å². The van der Waals surface area contributed by atoms with Crippen LogP contribution in [0.5, 0.6) is 0 Å². The summed E-state index contributed by atoms with van der Waals surface area (Å²) in [5.74, 6) is 0. The normalized spacial score (nSPS) is 7.40. The molecule has 0 bridgehead atoms. The van der Waals surface area contributed by atoms with E-state index in [1.165, 1.54) is 19.3 Å². The maximum absolute atomic E-state index is 7.82. The first-order valence-electron chi connectivity index (χ1n) is 4.20. The first kappa shape index (κ1) is 12.2. The summed E-state index contributed by atoms with van der Waals surface area (Å²) in [5, 5.41) is 7.82. The maximum atomic E-state index is 7.82. The van der Waals surface area contributed by atoms with Crippen molar-refractivity contribution < 1.29 is 0 Å².